The van der Waals surface area contributed by atoms with Gasteiger partial charge in [0.2, 0.25) is 0 Å². The Balaban J connectivity index is 0.000000260. The molecule has 0 amide bonds. The van der Waals surface area contributed by atoms with Crippen LogP contribution in [-0.4, -0.2) is 38.2 Å². The highest BCUT2D eigenvalue weighted by atomic mass is 32.1. The van der Waals surface area contributed by atoms with E-state index in [1.807, 2.05) is 6.20 Å². The summed E-state index contributed by atoms with van der Waals surface area (Å²) in [6.45, 7) is 4.11. The Labute approximate surface area is 161 Å². The molecule has 0 atom stereocenters. The number of aromatic nitrogens is 2. The lowest BCUT2D eigenvalue weighted by atomic mass is 10.2. The molecule has 0 fully saturated rings. The Morgan fingerprint density at radius 3 is 2.63 bits per heavy atom. The molecule has 1 N–H and O–H groups in total. The van der Waals surface area contributed by atoms with E-state index >= 15 is 0 Å². The highest BCUT2D eigenvalue weighted by Crippen LogP contribution is 2.28. The van der Waals surface area contributed by atoms with Crippen molar-refractivity contribution in [3.8, 4) is 10.6 Å². The van der Waals surface area contributed by atoms with Gasteiger partial charge in [0.15, 0.2) is 0 Å². The lowest BCUT2D eigenvalue weighted by Gasteiger charge is -2.28. The summed E-state index contributed by atoms with van der Waals surface area (Å²) < 4.78 is 34.1. The van der Waals surface area contributed by atoms with Crippen molar-refractivity contribution in [3.63, 3.8) is 0 Å². The van der Waals surface area contributed by atoms with Crippen LogP contribution in [0.3, 0.4) is 0 Å². The van der Waals surface area contributed by atoms with Crippen LogP contribution in [0, 0.1) is 0 Å². The lowest BCUT2D eigenvalue weighted by molar-refractivity contribution is -0.192. The average Bonchev–Trinajstić information content (AvgIpc) is 3.35. The van der Waals surface area contributed by atoms with Crippen LogP contribution >= 0.6 is 22.7 Å². The van der Waals surface area contributed by atoms with E-state index in [2.05, 4.69) is 48.8 Å². The van der Waals surface area contributed by atoms with Crippen molar-refractivity contribution in [2.24, 2.45) is 0 Å². The molecule has 0 spiro atoms. The van der Waals surface area contributed by atoms with Crippen molar-refractivity contribution in [1.82, 2.24) is 14.5 Å². The molecule has 0 bridgehead atoms. The number of halogens is 3. The zero-order valence-electron chi connectivity index (χ0n) is 14.0. The largest absolute Gasteiger partial charge is 0.490 e. The number of fused-ring (bicyclic) bond motifs is 1. The highest BCUT2D eigenvalue weighted by molar-refractivity contribution is 7.13. The van der Waals surface area contributed by atoms with E-state index in [1.165, 1.54) is 22.0 Å². The van der Waals surface area contributed by atoms with Gasteiger partial charge in [-0.2, -0.15) is 24.5 Å². The van der Waals surface area contributed by atoms with Crippen LogP contribution in [0.15, 0.2) is 40.5 Å². The van der Waals surface area contributed by atoms with E-state index in [0.717, 1.165) is 26.2 Å². The number of hydrogen-bond donors (Lipinski definition) is 1. The maximum Gasteiger partial charge on any atom is 0.490 e. The number of imidazole rings is 1. The molecule has 1 aliphatic heterocycles. The van der Waals surface area contributed by atoms with Crippen LogP contribution < -0.4 is 0 Å². The van der Waals surface area contributed by atoms with Gasteiger partial charge in [-0.05, 0) is 33.8 Å². The summed E-state index contributed by atoms with van der Waals surface area (Å²) in [4.78, 5) is 17.3. The normalized spacial score (nSPS) is 14.3. The Bertz CT molecular complexity index is 874. The predicted octanol–water partition coefficient (Wildman–Crippen LogP) is 4.32. The molecule has 0 aromatic carbocycles. The number of rotatable bonds is 3. The van der Waals surface area contributed by atoms with Gasteiger partial charge < -0.3 is 9.67 Å². The van der Waals surface area contributed by atoms with Crippen LogP contribution in [0.4, 0.5) is 13.2 Å². The fourth-order valence-corrected chi connectivity index (χ4v) is 4.11. The molecule has 10 heteroatoms. The van der Waals surface area contributed by atoms with E-state index in [1.54, 1.807) is 22.7 Å². The van der Waals surface area contributed by atoms with Crippen LogP contribution in [0.5, 0.6) is 0 Å². The summed E-state index contributed by atoms with van der Waals surface area (Å²) in [6, 6.07) is 6.49. The van der Waals surface area contributed by atoms with Crippen LogP contribution in [-0.2, 0) is 24.4 Å². The van der Waals surface area contributed by atoms with E-state index in [9.17, 15) is 13.2 Å². The van der Waals surface area contributed by atoms with Crippen molar-refractivity contribution >= 4 is 28.6 Å². The van der Waals surface area contributed by atoms with Crippen molar-refractivity contribution in [2.75, 3.05) is 6.54 Å². The molecule has 27 heavy (non-hydrogen) atoms. The number of nitrogens with zero attached hydrogens (tertiary/aromatic N) is 3. The topological polar surface area (TPSA) is 58.4 Å². The molecule has 0 saturated carbocycles. The Kier molecular flexibility index (Phi) is 5.98. The number of thiophene rings is 2. The first-order valence-corrected chi connectivity index (χ1v) is 9.78. The average molecular weight is 415 g/mol. The minimum Gasteiger partial charge on any atom is -0.475 e. The van der Waals surface area contributed by atoms with Crippen molar-refractivity contribution in [3.05, 3.63) is 51.9 Å². The number of hydrogen-bond acceptors (Lipinski definition) is 5. The number of carboxylic acid groups (broad SMARTS) is 1. The molecule has 4 rings (SSSR count). The first-order valence-electron chi connectivity index (χ1n) is 7.96. The fourth-order valence-electron chi connectivity index (χ4n) is 2.71. The molecular formula is C17H16F3N3O2S2. The summed E-state index contributed by atoms with van der Waals surface area (Å²) in [7, 11) is 0. The second-order valence-corrected chi connectivity index (χ2v) is 7.56. The molecule has 0 saturated heterocycles. The minimum atomic E-state index is -5.08. The minimum absolute atomic E-state index is 0.946. The van der Waals surface area contributed by atoms with Gasteiger partial charge in [0.25, 0.3) is 0 Å². The molecule has 3 aromatic heterocycles. The van der Waals surface area contributed by atoms with Crippen molar-refractivity contribution in [2.45, 2.75) is 25.8 Å². The summed E-state index contributed by atoms with van der Waals surface area (Å²) in [5, 5.41) is 13.6. The molecule has 5 nitrogen and oxygen atoms in total. The summed E-state index contributed by atoms with van der Waals surface area (Å²) in [5.41, 5.74) is 2.68. The van der Waals surface area contributed by atoms with Gasteiger partial charge in [0.05, 0.1) is 23.3 Å². The number of alkyl halides is 3. The Morgan fingerprint density at radius 2 is 2.04 bits per heavy atom. The van der Waals surface area contributed by atoms with Gasteiger partial charge >= 0.3 is 12.1 Å². The van der Waals surface area contributed by atoms with E-state index in [-0.39, 0.29) is 0 Å². The Morgan fingerprint density at radius 1 is 1.26 bits per heavy atom. The van der Waals surface area contributed by atoms with Gasteiger partial charge in [-0.3, -0.25) is 4.90 Å². The van der Waals surface area contributed by atoms with E-state index in [0.29, 0.717) is 0 Å². The first-order chi connectivity index (χ1) is 12.8. The second-order valence-electron chi connectivity index (χ2n) is 5.83. The molecule has 0 aliphatic carbocycles. The maximum atomic E-state index is 10.6. The van der Waals surface area contributed by atoms with Crippen molar-refractivity contribution in [1.29, 1.82) is 0 Å². The number of aliphatic carboxylic acids is 1. The summed E-state index contributed by atoms with van der Waals surface area (Å²) in [5.74, 6) is -1.57. The van der Waals surface area contributed by atoms with E-state index < -0.39 is 12.1 Å². The SMILES string of the molecule is O=C(O)C(F)(F)F.c1csc(-c2cnc3n2CCN(Cc2ccsc2)C3)c1. The quantitative estimate of drug-likeness (QED) is 0.692. The Hall–Kier alpha value is -2.17. The van der Waals surface area contributed by atoms with E-state index in [4.69, 9.17) is 9.90 Å². The van der Waals surface area contributed by atoms with Gasteiger partial charge in [-0.15, -0.1) is 11.3 Å². The second kappa shape index (κ2) is 8.24. The van der Waals surface area contributed by atoms with Crippen LogP contribution in [0.25, 0.3) is 10.6 Å². The third-order valence-electron chi connectivity index (χ3n) is 3.95. The zero-order valence-corrected chi connectivity index (χ0v) is 15.7. The molecule has 144 valence electrons. The summed E-state index contributed by atoms with van der Waals surface area (Å²) in [6.07, 6.45) is -3.06. The molecular weight excluding hydrogens is 399 g/mol. The highest BCUT2D eigenvalue weighted by Gasteiger charge is 2.38. The van der Waals surface area contributed by atoms with Gasteiger partial charge in [-0.25, -0.2) is 9.78 Å². The van der Waals surface area contributed by atoms with Crippen molar-refractivity contribution < 1.29 is 23.1 Å². The van der Waals surface area contributed by atoms with Gasteiger partial charge in [-0.1, -0.05) is 6.07 Å². The molecule has 4 heterocycles. The third-order valence-corrected chi connectivity index (χ3v) is 5.57. The molecule has 3 aromatic rings. The van der Waals surface area contributed by atoms with Crippen LogP contribution in [0.2, 0.25) is 0 Å². The lowest BCUT2D eigenvalue weighted by Crippen LogP contribution is -2.33. The zero-order chi connectivity index (χ0) is 19.4. The third kappa shape index (κ3) is 4.96. The first kappa shape index (κ1) is 19.6. The fraction of sp³-hybridized carbons (Fsp3) is 0.294. The monoisotopic (exact) mass is 415 g/mol. The maximum absolute atomic E-state index is 10.6. The number of carbonyl (C=O) groups is 1. The summed E-state index contributed by atoms with van der Waals surface area (Å²) >= 11 is 3.56. The molecule has 0 unspecified atom stereocenters. The standard InChI is InChI=1S/C15H15N3S2.C2HF3O2/c1-2-14(20-6-1)13-8-16-15-10-17(4-5-18(13)15)9-12-3-7-19-11-12;3-2(4,5)1(6)7/h1-3,6-8,11H,4-5,9-10H2;(H,6,7). The smallest absolute Gasteiger partial charge is 0.475 e. The predicted molar refractivity (Wildman–Crippen MR) is 97.7 cm³/mol. The molecule has 1 aliphatic rings. The number of carboxylic acids is 1. The van der Waals surface area contributed by atoms with Gasteiger partial charge in [0, 0.05) is 19.6 Å². The van der Waals surface area contributed by atoms with Gasteiger partial charge in [0.1, 0.15) is 5.82 Å². The van der Waals surface area contributed by atoms with Crippen LogP contribution in [0.1, 0.15) is 11.4 Å². The molecule has 0 radical (unpaired) electrons.